The van der Waals surface area contributed by atoms with Crippen LogP contribution in [0.5, 0.6) is 0 Å². The molecule has 0 saturated carbocycles. The lowest BCUT2D eigenvalue weighted by molar-refractivity contribution is 0.280. The third-order valence-corrected chi connectivity index (χ3v) is 4.43. The predicted molar refractivity (Wildman–Crippen MR) is 66.9 cm³/mol. The molecular weight excluding hydrogens is 276 g/mol. The van der Waals surface area contributed by atoms with Gasteiger partial charge in [0.25, 0.3) is 0 Å². The van der Waals surface area contributed by atoms with E-state index >= 15 is 0 Å². The van der Waals surface area contributed by atoms with Crippen molar-refractivity contribution in [2.75, 3.05) is 0 Å². The van der Waals surface area contributed by atoms with Gasteiger partial charge in [0.1, 0.15) is 4.90 Å². The molecule has 0 aromatic heterocycles. The number of rotatable bonds is 5. The highest BCUT2D eigenvalue weighted by Crippen LogP contribution is 2.20. The first kappa shape index (κ1) is 16.0. The molecule has 0 radical (unpaired) electrons. The van der Waals surface area contributed by atoms with Gasteiger partial charge >= 0.3 is 0 Å². The summed E-state index contributed by atoms with van der Waals surface area (Å²) in [5, 5.41) is 8.91. The van der Waals surface area contributed by atoms with Gasteiger partial charge in [-0.05, 0) is 30.5 Å². The van der Waals surface area contributed by atoms with E-state index in [4.69, 9.17) is 5.11 Å². The summed E-state index contributed by atoms with van der Waals surface area (Å²) in [6, 6.07) is 1.26. The number of sulfonamides is 1. The molecule has 0 heterocycles. The molecular formula is C12H17F2NO3S. The molecule has 1 aromatic carbocycles. The first-order valence-corrected chi connectivity index (χ1v) is 7.28. The summed E-state index contributed by atoms with van der Waals surface area (Å²) in [6.07, 6.45) is 0. The molecule has 0 bridgehead atoms. The van der Waals surface area contributed by atoms with Crippen molar-refractivity contribution in [1.82, 2.24) is 4.72 Å². The number of halogens is 2. The highest BCUT2D eigenvalue weighted by molar-refractivity contribution is 7.89. The molecule has 0 aliphatic heterocycles. The van der Waals surface area contributed by atoms with Gasteiger partial charge in [0, 0.05) is 6.04 Å². The number of hydrogen-bond donors (Lipinski definition) is 2. The number of aliphatic hydroxyl groups excluding tert-OH is 1. The molecule has 0 fully saturated rings. The SMILES string of the molecule is CC(C)C(C)NS(=O)(=O)c1cc(CO)cc(F)c1F. The van der Waals surface area contributed by atoms with Crippen LogP contribution in [-0.4, -0.2) is 19.6 Å². The number of hydrogen-bond acceptors (Lipinski definition) is 3. The normalized spacial score (nSPS) is 13.8. The summed E-state index contributed by atoms with van der Waals surface area (Å²) in [4.78, 5) is -0.788. The van der Waals surface area contributed by atoms with Gasteiger partial charge in [-0.15, -0.1) is 0 Å². The van der Waals surface area contributed by atoms with E-state index in [0.29, 0.717) is 0 Å². The highest BCUT2D eigenvalue weighted by Gasteiger charge is 2.25. The van der Waals surface area contributed by atoms with Crippen LogP contribution in [0.4, 0.5) is 8.78 Å². The topological polar surface area (TPSA) is 66.4 Å². The van der Waals surface area contributed by atoms with Crippen molar-refractivity contribution in [2.24, 2.45) is 5.92 Å². The summed E-state index contributed by atoms with van der Waals surface area (Å²) < 4.78 is 53.1. The summed E-state index contributed by atoms with van der Waals surface area (Å²) >= 11 is 0. The number of nitrogens with one attached hydrogen (secondary N) is 1. The van der Waals surface area contributed by atoms with Crippen LogP contribution in [-0.2, 0) is 16.6 Å². The maximum absolute atomic E-state index is 13.6. The minimum absolute atomic E-state index is 0.00326. The summed E-state index contributed by atoms with van der Waals surface area (Å²) in [5.74, 6) is -2.74. The molecule has 4 nitrogen and oxygen atoms in total. The molecule has 108 valence electrons. The van der Waals surface area contributed by atoms with Crippen LogP contribution < -0.4 is 4.72 Å². The predicted octanol–water partition coefficient (Wildman–Crippen LogP) is 1.78. The smallest absolute Gasteiger partial charge is 0.243 e. The van der Waals surface area contributed by atoms with Gasteiger partial charge in [-0.25, -0.2) is 21.9 Å². The number of benzene rings is 1. The Morgan fingerprint density at radius 2 is 1.84 bits per heavy atom. The van der Waals surface area contributed by atoms with E-state index < -0.39 is 39.2 Å². The van der Waals surface area contributed by atoms with E-state index in [1.165, 1.54) is 0 Å². The second kappa shape index (κ2) is 5.94. The Morgan fingerprint density at radius 1 is 1.26 bits per heavy atom. The van der Waals surface area contributed by atoms with E-state index in [1.807, 2.05) is 0 Å². The molecule has 2 N–H and O–H groups in total. The molecule has 19 heavy (non-hydrogen) atoms. The van der Waals surface area contributed by atoms with Crippen molar-refractivity contribution < 1.29 is 22.3 Å². The zero-order valence-corrected chi connectivity index (χ0v) is 11.8. The van der Waals surface area contributed by atoms with Crippen LogP contribution in [0.15, 0.2) is 17.0 Å². The third-order valence-electron chi connectivity index (χ3n) is 2.87. The molecule has 1 aromatic rings. The van der Waals surface area contributed by atoms with E-state index in [2.05, 4.69) is 4.72 Å². The zero-order valence-electron chi connectivity index (χ0n) is 10.9. The average Bonchev–Trinajstić information content (AvgIpc) is 2.31. The summed E-state index contributed by atoms with van der Waals surface area (Å²) in [6.45, 7) is 4.66. The standard InChI is InChI=1S/C12H17F2NO3S/c1-7(2)8(3)15-19(17,18)11-5-9(6-16)4-10(13)12(11)14/h4-5,7-8,15-16H,6H2,1-3H3. The maximum atomic E-state index is 13.6. The van der Waals surface area contributed by atoms with Gasteiger partial charge in [0.2, 0.25) is 10.0 Å². The zero-order chi connectivity index (χ0) is 14.8. The number of aliphatic hydroxyl groups is 1. The Labute approximate surface area is 111 Å². The first-order chi connectivity index (χ1) is 8.69. The first-order valence-electron chi connectivity index (χ1n) is 5.80. The Morgan fingerprint density at radius 3 is 2.32 bits per heavy atom. The second-order valence-corrected chi connectivity index (χ2v) is 6.38. The van der Waals surface area contributed by atoms with E-state index in [-0.39, 0.29) is 11.5 Å². The Hall–Kier alpha value is -1.05. The van der Waals surface area contributed by atoms with Crippen molar-refractivity contribution in [1.29, 1.82) is 0 Å². The summed E-state index contributed by atoms with van der Waals surface area (Å²) in [7, 11) is -4.17. The summed E-state index contributed by atoms with van der Waals surface area (Å²) in [5.41, 5.74) is -0.00326. The molecule has 1 unspecified atom stereocenters. The fourth-order valence-corrected chi connectivity index (χ4v) is 2.88. The molecule has 1 atom stereocenters. The van der Waals surface area contributed by atoms with Crippen LogP contribution in [0.3, 0.4) is 0 Å². The van der Waals surface area contributed by atoms with Gasteiger partial charge < -0.3 is 5.11 Å². The van der Waals surface area contributed by atoms with Crippen LogP contribution in [0, 0.1) is 17.6 Å². The quantitative estimate of drug-likeness (QED) is 0.869. The largest absolute Gasteiger partial charge is 0.392 e. The lowest BCUT2D eigenvalue weighted by atomic mass is 10.1. The van der Waals surface area contributed by atoms with E-state index in [9.17, 15) is 17.2 Å². The van der Waals surface area contributed by atoms with Crippen molar-refractivity contribution in [3.8, 4) is 0 Å². The Balaban J connectivity index is 3.25. The molecule has 0 amide bonds. The van der Waals surface area contributed by atoms with Crippen molar-refractivity contribution in [3.05, 3.63) is 29.3 Å². The van der Waals surface area contributed by atoms with Gasteiger partial charge in [-0.2, -0.15) is 0 Å². The Kier molecular flexibility index (Phi) is 5.00. The molecule has 0 spiro atoms. The van der Waals surface area contributed by atoms with Crippen LogP contribution >= 0.6 is 0 Å². The van der Waals surface area contributed by atoms with Crippen LogP contribution in [0.1, 0.15) is 26.3 Å². The Bertz CT molecular complexity index is 558. The minimum atomic E-state index is -4.17. The fraction of sp³-hybridized carbons (Fsp3) is 0.500. The molecule has 0 saturated heterocycles. The molecule has 1 rings (SSSR count). The van der Waals surface area contributed by atoms with Crippen LogP contribution in [0.25, 0.3) is 0 Å². The van der Waals surface area contributed by atoms with E-state index in [0.717, 1.165) is 12.1 Å². The highest BCUT2D eigenvalue weighted by atomic mass is 32.2. The lowest BCUT2D eigenvalue weighted by Crippen LogP contribution is -2.36. The van der Waals surface area contributed by atoms with Crippen molar-refractivity contribution in [3.63, 3.8) is 0 Å². The lowest BCUT2D eigenvalue weighted by Gasteiger charge is -2.18. The van der Waals surface area contributed by atoms with Crippen molar-refractivity contribution in [2.45, 2.75) is 38.3 Å². The molecule has 0 aliphatic rings. The monoisotopic (exact) mass is 293 g/mol. The molecule has 0 aliphatic carbocycles. The van der Waals surface area contributed by atoms with E-state index in [1.54, 1.807) is 20.8 Å². The van der Waals surface area contributed by atoms with Crippen LogP contribution in [0.2, 0.25) is 0 Å². The average molecular weight is 293 g/mol. The van der Waals surface area contributed by atoms with Crippen molar-refractivity contribution >= 4 is 10.0 Å². The molecule has 7 heteroatoms. The van der Waals surface area contributed by atoms with Gasteiger partial charge in [0.15, 0.2) is 11.6 Å². The van der Waals surface area contributed by atoms with Gasteiger partial charge in [0.05, 0.1) is 6.61 Å². The fourth-order valence-electron chi connectivity index (χ4n) is 1.35. The van der Waals surface area contributed by atoms with Gasteiger partial charge in [-0.3, -0.25) is 0 Å². The minimum Gasteiger partial charge on any atom is -0.392 e. The maximum Gasteiger partial charge on any atom is 0.243 e. The second-order valence-electron chi connectivity index (χ2n) is 4.70. The van der Waals surface area contributed by atoms with Gasteiger partial charge in [-0.1, -0.05) is 13.8 Å². The third kappa shape index (κ3) is 3.71.